The Balaban J connectivity index is 2.06. The first-order valence-corrected chi connectivity index (χ1v) is 7.45. The molecule has 1 heterocycles. The highest BCUT2D eigenvalue weighted by Crippen LogP contribution is 2.38. The van der Waals surface area contributed by atoms with Crippen LogP contribution < -0.4 is 5.73 Å². The maximum absolute atomic E-state index is 11.8. The number of hydrogen-bond donors (Lipinski definition) is 1. The Morgan fingerprint density at radius 1 is 1.68 bits per heavy atom. The number of pyridine rings is 1. The molecule has 1 aromatic heterocycles. The quantitative estimate of drug-likeness (QED) is 0.869. The highest BCUT2D eigenvalue weighted by Gasteiger charge is 2.40. The third-order valence-electron chi connectivity index (χ3n) is 3.34. The van der Waals surface area contributed by atoms with E-state index in [1.165, 1.54) is 7.11 Å². The number of nitrogens with two attached hydrogens (primary N) is 1. The van der Waals surface area contributed by atoms with Gasteiger partial charge in [-0.3, -0.25) is 4.79 Å². The van der Waals surface area contributed by atoms with E-state index in [2.05, 4.69) is 4.98 Å². The molecule has 1 saturated carbocycles. The summed E-state index contributed by atoms with van der Waals surface area (Å²) in [5.41, 5.74) is 5.28. The lowest BCUT2D eigenvalue weighted by atomic mass is 9.82. The molecule has 1 aliphatic carbocycles. The number of ether oxygens (including phenoxy) is 1. The maximum atomic E-state index is 11.8. The average Bonchev–Trinajstić information content (AvgIpc) is 2.40. The van der Waals surface area contributed by atoms with Crippen LogP contribution in [0.4, 0.5) is 0 Å². The molecule has 6 heteroatoms. The predicted octanol–water partition coefficient (Wildman–Crippen LogP) is 2.64. The largest absolute Gasteiger partial charge is 0.468 e. The molecular formula is C13H17ClN2O2S. The van der Waals surface area contributed by atoms with Crippen molar-refractivity contribution in [3.63, 3.8) is 0 Å². The van der Waals surface area contributed by atoms with Crippen LogP contribution in [-0.2, 0) is 9.53 Å². The molecule has 0 saturated heterocycles. The minimum atomic E-state index is -0.869. The summed E-state index contributed by atoms with van der Waals surface area (Å²) in [7, 11) is 1.38. The molecule has 0 aliphatic heterocycles. The second kappa shape index (κ2) is 6.11. The van der Waals surface area contributed by atoms with Gasteiger partial charge < -0.3 is 10.5 Å². The molecule has 4 nitrogen and oxygen atoms in total. The molecule has 1 fully saturated rings. The van der Waals surface area contributed by atoms with Crippen LogP contribution in [0.1, 0.15) is 25.7 Å². The zero-order valence-electron chi connectivity index (χ0n) is 10.8. The van der Waals surface area contributed by atoms with Gasteiger partial charge in [0.2, 0.25) is 0 Å². The minimum absolute atomic E-state index is 0.241. The average molecular weight is 301 g/mol. The number of esters is 1. The number of rotatable bonds is 3. The summed E-state index contributed by atoms with van der Waals surface area (Å²) >= 11 is 7.69. The number of thioether (sulfide) groups is 1. The fraction of sp³-hybridized carbons (Fsp3) is 0.538. The molecule has 1 aliphatic rings. The van der Waals surface area contributed by atoms with E-state index in [9.17, 15) is 4.79 Å². The first kappa shape index (κ1) is 14.6. The van der Waals surface area contributed by atoms with E-state index in [1.54, 1.807) is 24.0 Å². The number of aromatic nitrogens is 1. The van der Waals surface area contributed by atoms with Crippen molar-refractivity contribution in [1.29, 1.82) is 0 Å². The summed E-state index contributed by atoms with van der Waals surface area (Å²) in [4.78, 5) is 16.0. The smallest absolute Gasteiger partial charge is 0.325 e. The Kier molecular flexibility index (Phi) is 4.71. The first-order chi connectivity index (χ1) is 9.05. The van der Waals surface area contributed by atoms with Crippen LogP contribution in [0.5, 0.6) is 0 Å². The third-order valence-corrected chi connectivity index (χ3v) is 5.04. The summed E-state index contributed by atoms with van der Waals surface area (Å²) < 4.78 is 4.80. The van der Waals surface area contributed by atoms with Gasteiger partial charge in [0.1, 0.15) is 10.6 Å². The van der Waals surface area contributed by atoms with Crippen molar-refractivity contribution in [2.24, 2.45) is 5.73 Å². The Hall–Kier alpha value is -0.780. The van der Waals surface area contributed by atoms with E-state index in [4.69, 9.17) is 22.1 Å². The van der Waals surface area contributed by atoms with Gasteiger partial charge in [-0.2, -0.15) is 0 Å². The summed E-state index contributed by atoms with van der Waals surface area (Å²) in [6, 6.07) is 3.62. The highest BCUT2D eigenvalue weighted by molar-refractivity contribution is 8.00. The number of carbonyl (C=O) groups is 1. The molecule has 104 valence electrons. The summed E-state index contributed by atoms with van der Waals surface area (Å²) in [6.07, 6.45) is 4.90. The van der Waals surface area contributed by atoms with Gasteiger partial charge in [0.25, 0.3) is 0 Å². The zero-order chi connectivity index (χ0) is 13.9. The van der Waals surface area contributed by atoms with E-state index in [0.29, 0.717) is 17.9 Å². The highest BCUT2D eigenvalue weighted by atomic mass is 35.5. The van der Waals surface area contributed by atoms with Crippen molar-refractivity contribution >= 4 is 29.3 Å². The number of methoxy groups -OCH3 is 1. The molecular weight excluding hydrogens is 284 g/mol. The van der Waals surface area contributed by atoms with Crippen molar-refractivity contribution in [2.45, 2.75) is 41.5 Å². The van der Waals surface area contributed by atoms with Gasteiger partial charge in [-0.05, 0) is 37.8 Å². The van der Waals surface area contributed by atoms with Crippen LogP contribution in [0.25, 0.3) is 0 Å². The summed E-state index contributed by atoms with van der Waals surface area (Å²) in [5, 5.41) is 1.67. The topological polar surface area (TPSA) is 65.2 Å². The van der Waals surface area contributed by atoms with E-state index < -0.39 is 5.54 Å². The van der Waals surface area contributed by atoms with Crippen molar-refractivity contribution < 1.29 is 9.53 Å². The van der Waals surface area contributed by atoms with Crippen LogP contribution in [0.3, 0.4) is 0 Å². The first-order valence-electron chi connectivity index (χ1n) is 6.19. The van der Waals surface area contributed by atoms with Crippen LogP contribution in [-0.4, -0.2) is 28.9 Å². The van der Waals surface area contributed by atoms with Gasteiger partial charge in [-0.1, -0.05) is 11.6 Å². The second-order valence-corrected chi connectivity index (χ2v) is 6.47. The molecule has 0 amide bonds. The van der Waals surface area contributed by atoms with Gasteiger partial charge in [0, 0.05) is 11.4 Å². The zero-order valence-corrected chi connectivity index (χ0v) is 12.3. The van der Waals surface area contributed by atoms with Crippen molar-refractivity contribution in [1.82, 2.24) is 4.98 Å². The molecule has 2 rings (SSSR count). The van der Waals surface area contributed by atoms with Gasteiger partial charge in [0.15, 0.2) is 0 Å². The van der Waals surface area contributed by atoms with E-state index in [0.717, 1.165) is 17.9 Å². The summed E-state index contributed by atoms with van der Waals surface area (Å²) in [5.74, 6) is -0.329. The number of halogens is 1. The second-order valence-electron chi connectivity index (χ2n) is 4.77. The summed E-state index contributed by atoms with van der Waals surface area (Å²) in [6.45, 7) is 0. The molecule has 2 N–H and O–H groups in total. The van der Waals surface area contributed by atoms with Gasteiger partial charge in [-0.15, -0.1) is 11.8 Å². The van der Waals surface area contributed by atoms with Crippen molar-refractivity contribution in [3.05, 3.63) is 23.4 Å². The van der Waals surface area contributed by atoms with Crippen molar-refractivity contribution in [2.75, 3.05) is 7.11 Å². The van der Waals surface area contributed by atoms with Crippen LogP contribution >= 0.6 is 23.4 Å². The van der Waals surface area contributed by atoms with E-state index in [1.807, 2.05) is 6.07 Å². The fourth-order valence-corrected chi connectivity index (χ4v) is 3.90. The fourth-order valence-electron chi connectivity index (χ4n) is 2.36. The molecule has 0 spiro atoms. The van der Waals surface area contributed by atoms with Gasteiger partial charge in [-0.25, -0.2) is 4.98 Å². The molecule has 2 unspecified atom stereocenters. The van der Waals surface area contributed by atoms with Crippen LogP contribution in [0.2, 0.25) is 5.02 Å². The molecule has 1 aromatic rings. The number of carbonyl (C=O) groups excluding carboxylic acids is 1. The lowest BCUT2D eigenvalue weighted by Crippen LogP contribution is -2.52. The molecule has 0 aromatic carbocycles. The predicted molar refractivity (Wildman–Crippen MR) is 76.3 cm³/mol. The van der Waals surface area contributed by atoms with E-state index in [-0.39, 0.29) is 11.2 Å². The molecule has 19 heavy (non-hydrogen) atoms. The number of hydrogen-bond acceptors (Lipinski definition) is 5. The Labute approximate surface area is 122 Å². The molecule has 0 bridgehead atoms. The lowest BCUT2D eigenvalue weighted by molar-refractivity contribution is -0.148. The maximum Gasteiger partial charge on any atom is 0.325 e. The van der Waals surface area contributed by atoms with E-state index >= 15 is 0 Å². The van der Waals surface area contributed by atoms with Crippen LogP contribution in [0.15, 0.2) is 23.4 Å². The lowest BCUT2D eigenvalue weighted by Gasteiger charge is -2.35. The Morgan fingerprint density at radius 3 is 3.16 bits per heavy atom. The molecule has 0 radical (unpaired) electrons. The molecule has 2 atom stereocenters. The normalized spacial score (nSPS) is 27.0. The third kappa shape index (κ3) is 3.41. The minimum Gasteiger partial charge on any atom is -0.468 e. The monoisotopic (exact) mass is 300 g/mol. The Morgan fingerprint density at radius 2 is 2.47 bits per heavy atom. The standard InChI is InChI=1S/C13H17ClN2O2S/c1-18-12(17)13(15)6-2-4-9(8-13)19-11-10(14)5-3-7-16-11/h3,5,7,9H,2,4,6,8,15H2,1H3. The SMILES string of the molecule is COC(=O)C1(N)CCCC(Sc2ncccc2Cl)C1. The van der Waals surface area contributed by atoms with Crippen LogP contribution in [0, 0.1) is 0 Å². The van der Waals surface area contributed by atoms with Gasteiger partial charge >= 0.3 is 5.97 Å². The Bertz CT molecular complexity index is 472. The number of nitrogens with zero attached hydrogens (tertiary/aromatic N) is 1. The van der Waals surface area contributed by atoms with Gasteiger partial charge in [0.05, 0.1) is 12.1 Å². The van der Waals surface area contributed by atoms with Crippen molar-refractivity contribution in [3.8, 4) is 0 Å².